The molecule has 1 N–H and O–H groups in total. The van der Waals surface area contributed by atoms with Crippen molar-refractivity contribution in [1.82, 2.24) is 5.32 Å². The van der Waals surface area contributed by atoms with Gasteiger partial charge in [0.1, 0.15) is 11.9 Å². The highest BCUT2D eigenvalue weighted by Gasteiger charge is 2.18. The molecule has 0 aliphatic carbocycles. The molecule has 1 atom stereocenters. The van der Waals surface area contributed by atoms with Gasteiger partial charge in [-0.25, -0.2) is 0 Å². The summed E-state index contributed by atoms with van der Waals surface area (Å²) in [6.07, 6.45) is 2.43. The number of ether oxygens (including phenoxy) is 2. The van der Waals surface area contributed by atoms with Crippen molar-refractivity contribution in [3.05, 3.63) is 23.8 Å². The van der Waals surface area contributed by atoms with E-state index in [0.29, 0.717) is 0 Å². The van der Waals surface area contributed by atoms with Crippen molar-refractivity contribution in [3.63, 3.8) is 0 Å². The van der Waals surface area contributed by atoms with Gasteiger partial charge in [0, 0.05) is 31.7 Å². The molecule has 0 radical (unpaired) electrons. The van der Waals surface area contributed by atoms with Crippen LogP contribution in [0.3, 0.4) is 0 Å². The fourth-order valence-electron chi connectivity index (χ4n) is 2.85. The van der Waals surface area contributed by atoms with Crippen molar-refractivity contribution in [3.8, 4) is 5.75 Å². The second-order valence-corrected chi connectivity index (χ2v) is 5.64. The summed E-state index contributed by atoms with van der Waals surface area (Å²) < 4.78 is 11.4. The number of benzene rings is 1. The molecule has 2 aliphatic heterocycles. The van der Waals surface area contributed by atoms with E-state index in [2.05, 4.69) is 35.3 Å². The van der Waals surface area contributed by atoms with Crippen LogP contribution in [-0.4, -0.2) is 45.5 Å². The number of nitrogens with zero attached hydrogens (tertiary/aromatic N) is 1. The van der Waals surface area contributed by atoms with Crippen molar-refractivity contribution in [2.45, 2.75) is 25.9 Å². The molecule has 20 heavy (non-hydrogen) atoms. The first kappa shape index (κ1) is 13.7. The minimum absolute atomic E-state index is 0.224. The van der Waals surface area contributed by atoms with Crippen molar-refractivity contribution in [2.75, 3.05) is 44.3 Å². The van der Waals surface area contributed by atoms with Gasteiger partial charge in [-0.3, -0.25) is 0 Å². The largest absolute Gasteiger partial charge is 0.488 e. The summed E-state index contributed by atoms with van der Waals surface area (Å²) in [7, 11) is 0. The fraction of sp³-hybridized carbons (Fsp3) is 0.625. The number of hydrogen-bond donors (Lipinski definition) is 1. The van der Waals surface area contributed by atoms with Gasteiger partial charge in [0.05, 0.1) is 13.2 Å². The molecule has 110 valence electrons. The van der Waals surface area contributed by atoms with E-state index < -0.39 is 0 Å². The molecule has 1 unspecified atom stereocenters. The van der Waals surface area contributed by atoms with Crippen molar-refractivity contribution >= 4 is 5.69 Å². The molecule has 3 rings (SSSR count). The van der Waals surface area contributed by atoms with E-state index in [4.69, 9.17) is 9.47 Å². The quantitative estimate of drug-likeness (QED) is 0.915. The van der Waals surface area contributed by atoms with Gasteiger partial charge in [-0.1, -0.05) is 0 Å². The van der Waals surface area contributed by atoms with E-state index >= 15 is 0 Å². The van der Waals surface area contributed by atoms with E-state index in [-0.39, 0.29) is 6.10 Å². The number of rotatable bonds is 3. The Morgan fingerprint density at radius 2 is 2.25 bits per heavy atom. The van der Waals surface area contributed by atoms with Gasteiger partial charge < -0.3 is 19.7 Å². The predicted molar refractivity (Wildman–Crippen MR) is 80.7 cm³/mol. The van der Waals surface area contributed by atoms with Gasteiger partial charge >= 0.3 is 0 Å². The topological polar surface area (TPSA) is 33.7 Å². The zero-order valence-corrected chi connectivity index (χ0v) is 12.2. The SMILES string of the molecule is Cc1cc(N2CCCNCC2)ccc1OC1CCOC1. The molecule has 4 nitrogen and oxygen atoms in total. The Balaban J connectivity index is 1.69. The Bertz CT molecular complexity index is 436. The van der Waals surface area contributed by atoms with Crippen LogP contribution in [0.25, 0.3) is 0 Å². The number of hydrogen-bond acceptors (Lipinski definition) is 4. The highest BCUT2D eigenvalue weighted by Crippen LogP contribution is 2.26. The Hall–Kier alpha value is -1.26. The maximum absolute atomic E-state index is 6.02. The molecular formula is C16H24N2O2. The highest BCUT2D eigenvalue weighted by atomic mass is 16.5. The van der Waals surface area contributed by atoms with E-state index in [1.165, 1.54) is 17.7 Å². The van der Waals surface area contributed by atoms with Gasteiger partial charge in [-0.2, -0.15) is 0 Å². The summed E-state index contributed by atoms with van der Waals surface area (Å²) in [6.45, 7) is 8.07. The molecular weight excluding hydrogens is 252 g/mol. The first-order chi connectivity index (χ1) is 9.83. The number of anilines is 1. The molecule has 2 fully saturated rings. The van der Waals surface area contributed by atoms with Crippen molar-refractivity contribution in [1.29, 1.82) is 0 Å². The summed E-state index contributed by atoms with van der Waals surface area (Å²) in [6, 6.07) is 6.54. The monoisotopic (exact) mass is 276 g/mol. The van der Waals surface area contributed by atoms with Crippen LogP contribution in [0.4, 0.5) is 5.69 Å². The second-order valence-electron chi connectivity index (χ2n) is 5.64. The molecule has 1 aromatic rings. The normalized spacial score (nSPS) is 23.6. The van der Waals surface area contributed by atoms with Crippen molar-refractivity contribution < 1.29 is 9.47 Å². The summed E-state index contributed by atoms with van der Waals surface area (Å²) >= 11 is 0. The van der Waals surface area contributed by atoms with Crippen LogP contribution in [0.15, 0.2) is 18.2 Å². The summed E-state index contributed by atoms with van der Waals surface area (Å²) in [5.74, 6) is 0.997. The third-order valence-electron chi connectivity index (χ3n) is 4.05. The average molecular weight is 276 g/mol. The Labute approximate surface area is 121 Å². The lowest BCUT2D eigenvalue weighted by Crippen LogP contribution is -2.27. The molecule has 0 aromatic heterocycles. The maximum atomic E-state index is 6.02. The maximum Gasteiger partial charge on any atom is 0.124 e. The fourth-order valence-corrected chi connectivity index (χ4v) is 2.85. The van der Waals surface area contributed by atoms with Gasteiger partial charge in [0.15, 0.2) is 0 Å². The molecule has 2 heterocycles. The number of nitrogens with one attached hydrogen (secondary N) is 1. The van der Waals surface area contributed by atoms with Crippen LogP contribution < -0.4 is 15.0 Å². The Kier molecular flexibility index (Phi) is 4.43. The van der Waals surface area contributed by atoms with E-state index in [0.717, 1.165) is 51.6 Å². The third-order valence-corrected chi connectivity index (χ3v) is 4.05. The lowest BCUT2D eigenvalue weighted by molar-refractivity contribution is 0.141. The Morgan fingerprint density at radius 3 is 3.05 bits per heavy atom. The van der Waals surface area contributed by atoms with Gasteiger partial charge in [0.25, 0.3) is 0 Å². The minimum atomic E-state index is 0.224. The van der Waals surface area contributed by atoms with E-state index in [9.17, 15) is 0 Å². The standard InChI is InChI=1S/C16H24N2O2/c1-13-11-14(18-8-2-6-17-7-9-18)3-4-16(13)20-15-5-10-19-12-15/h3-4,11,15,17H,2,5-10,12H2,1H3. The smallest absolute Gasteiger partial charge is 0.124 e. The van der Waals surface area contributed by atoms with Crippen molar-refractivity contribution in [2.24, 2.45) is 0 Å². The van der Waals surface area contributed by atoms with Crippen LogP contribution in [0, 0.1) is 6.92 Å². The molecule has 1 aromatic carbocycles. The average Bonchev–Trinajstić information content (AvgIpc) is 2.81. The highest BCUT2D eigenvalue weighted by molar-refractivity contribution is 5.53. The lowest BCUT2D eigenvalue weighted by atomic mass is 10.1. The first-order valence-electron chi connectivity index (χ1n) is 7.63. The van der Waals surface area contributed by atoms with Gasteiger partial charge in [0.2, 0.25) is 0 Å². The van der Waals surface area contributed by atoms with Crippen LogP contribution in [0.1, 0.15) is 18.4 Å². The lowest BCUT2D eigenvalue weighted by Gasteiger charge is -2.24. The van der Waals surface area contributed by atoms with E-state index in [1.807, 2.05) is 0 Å². The number of aryl methyl sites for hydroxylation is 1. The van der Waals surface area contributed by atoms with Gasteiger partial charge in [-0.05, 0) is 43.7 Å². The van der Waals surface area contributed by atoms with Crippen LogP contribution >= 0.6 is 0 Å². The predicted octanol–water partition coefficient (Wildman–Crippen LogP) is 1.96. The molecule has 2 aliphatic rings. The third kappa shape index (κ3) is 3.25. The zero-order chi connectivity index (χ0) is 13.8. The van der Waals surface area contributed by atoms with Crippen LogP contribution in [0.2, 0.25) is 0 Å². The van der Waals surface area contributed by atoms with Crippen LogP contribution in [0.5, 0.6) is 5.75 Å². The minimum Gasteiger partial charge on any atom is -0.488 e. The molecule has 0 saturated carbocycles. The summed E-state index contributed by atoms with van der Waals surface area (Å²) in [5, 5.41) is 3.44. The molecule has 0 bridgehead atoms. The molecule has 0 spiro atoms. The molecule has 0 amide bonds. The summed E-state index contributed by atoms with van der Waals surface area (Å²) in [4.78, 5) is 2.45. The zero-order valence-electron chi connectivity index (χ0n) is 12.2. The molecule has 2 saturated heterocycles. The Morgan fingerprint density at radius 1 is 1.30 bits per heavy atom. The van der Waals surface area contributed by atoms with E-state index in [1.54, 1.807) is 0 Å². The second kappa shape index (κ2) is 6.46. The van der Waals surface area contributed by atoms with Crippen LogP contribution in [-0.2, 0) is 4.74 Å². The first-order valence-corrected chi connectivity index (χ1v) is 7.63. The van der Waals surface area contributed by atoms with Gasteiger partial charge in [-0.15, -0.1) is 0 Å². The summed E-state index contributed by atoms with van der Waals surface area (Å²) in [5.41, 5.74) is 2.52. The molecule has 4 heteroatoms.